The van der Waals surface area contributed by atoms with E-state index in [2.05, 4.69) is 64.3 Å². The SMILES string of the molecule is CCc1cc(C)cc(CC)c1NC(=S)NCC(C)C(C)C. The maximum Gasteiger partial charge on any atom is 0.170 e. The minimum absolute atomic E-state index is 0.610. The molecule has 1 aromatic carbocycles. The van der Waals surface area contributed by atoms with Crippen molar-refractivity contribution in [3.8, 4) is 0 Å². The molecule has 0 amide bonds. The lowest BCUT2D eigenvalue weighted by atomic mass is 9.98. The first kappa shape index (κ1) is 18.0. The van der Waals surface area contributed by atoms with Crippen LogP contribution in [-0.4, -0.2) is 11.7 Å². The van der Waals surface area contributed by atoms with Gasteiger partial charge in [-0.1, -0.05) is 52.3 Å². The number of anilines is 1. The van der Waals surface area contributed by atoms with Crippen LogP contribution in [0.25, 0.3) is 0 Å². The van der Waals surface area contributed by atoms with Crippen LogP contribution in [0, 0.1) is 18.8 Å². The lowest BCUT2D eigenvalue weighted by Crippen LogP contribution is -2.34. The highest BCUT2D eigenvalue weighted by atomic mass is 32.1. The molecule has 0 spiro atoms. The molecule has 0 saturated heterocycles. The van der Waals surface area contributed by atoms with Crippen molar-refractivity contribution in [2.45, 2.75) is 54.4 Å². The summed E-state index contributed by atoms with van der Waals surface area (Å²) >= 11 is 5.47. The number of nitrogens with one attached hydrogen (secondary N) is 2. The summed E-state index contributed by atoms with van der Waals surface area (Å²) in [5.74, 6) is 1.27. The largest absolute Gasteiger partial charge is 0.362 e. The maximum atomic E-state index is 5.47. The minimum Gasteiger partial charge on any atom is -0.362 e. The van der Waals surface area contributed by atoms with Gasteiger partial charge in [0, 0.05) is 12.2 Å². The van der Waals surface area contributed by atoms with Gasteiger partial charge < -0.3 is 10.6 Å². The predicted molar refractivity (Wildman–Crippen MR) is 98.2 cm³/mol. The number of hydrogen-bond donors (Lipinski definition) is 2. The van der Waals surface area contributed by atoms with E-state index in [1.165, 1.54) is 22.4 Å². The van der Waals surface area contributed by atoms with E-state index < -0.39 is 0 Å². The highest BCUT2D eigenvalue weighted by Gasteiger charge is 2.11. The van der Waals surface area contributed by atoms with Crippen LogP contribution in [-0.2, 0) is 12.8 Å². The molecule has 21 heavy (non-hydrogen) atoms. The van der Waals surface area contributed by atoms with Crippen molar-refractivity contribution in [2.24, 2.45) is 11.8 Å². The second-order valence-electron chi connectivity index (χ2n) is 6.22. The second kappa shape index (κ2) is 8.38. The zero-order chi connectivity index (χ0) is 16.0. The van der Waals surface area contributed by atoms with Crippen LogP contribution in [0.5, 0.6) is 0 Å². The Morgan fingerprint density at radius 1 is 1.10 bits per heavy atom. The van der Waals surface area contributed by atoms with Gasteiger partial charge in [-0.15, -0.1) is 0 Å². The van der Waals surface area contributed by atoms with Crippen LogP contribution in [0.2, 0.25) is 0 Å². The highest BCUT2D eigenvalue weighted by Crippen LogP contribution is 2.24. The third-order valence-corrected chi connectivity index (χ3v) is 4.42. The van der Waals surface area contributed by atoms with E-state index in [1.54, 1.807) is 0 Å². The fraction of sp³-hybridized carbons (Fsp3) is 0.611. The van der Waals surface area contributed by atoms with Crippen LogP contribution in [0.1, 0.15) is 51.3 Å². The molecular formula is C18H30N2S. The molecule has 3 heteroatoms. The van der Waals surface area contributed by atoms with Gasteiger partial charge in [0.25, 0.3) is 0 Å². The van der Waals surface area contributed by atoms with Gasteiger partial charge in [-0.2, -0.15) is 0 Å². The molecule has 2 nitrogen and oxygen atoms in total. The molecule has 1 unspecified atom stereocenters. The monoisotopic (exact) mass is 306 g/mol. The van der Waals surface area contributed by atoms with E-state index in [0.29, 0.717) is 11.8 Å². The van der Waals surface area contributed by atoms with Crippen molar-refractivity contribution in [1.82, 2.24) is 5.32 Å². The first-order valence-corrected chi connectivity index (χ1v) is 8.47. The molecule has 2 N–H and O–H groups in total. The van der Waals surface area contributed by atoms with E-state index >= 15 is 0 Å². The minimum atomic E-state index is 0.610. The molecule has 0 bridgehead atoms. The average molecular weight is 307 g/mol. The summed E-state index contributed by atoms with van der Waals surface area (Å²) in [5.41, 5.74) is 5.20. The van der Waals surface area contributed by atoms with Crippen LogP contribution in [0.3, 0.4) is 0 Å². The molecule has 0 aliphatic carbocycles. The number of hydrogen-bond acceptors (Lipinski definition) is 1. The molecule has 1 aromatic rings. The fourth-order valence-electron chi connectivity index (χ4n) is 2.31. The van der Waals surface area contributed by atoms with Crippen LogP contribution >= 0.6 is 12.2 Å². The Kier molecular flexibility index (Phi) is 7.16. The number of thiocarbonyl (C=S) groups is 1. The normalized spacial score (nSPS) is 12.3. The Labute approximate surface area is 135 Å². The average Bonchev–Trinajstić information content (AvgIpc) is 2.45. The molecule has 0 heterocycles. The molecule has 1 rings (SSSR count). The van der Waals surface area contributed by atoms with Gasteiger partial charge >= 0.3 is 0 Å². The van der Waals surface area contributed by atoms with Crippen molar-refractivity contribution < 1.29 is 0 Å². The summed E-state index contributed by atoms with van der Waals surface area (Å²) in [4.78, 5) is 0. The first-order chi connectivity index (χ1) is 9.88. The van der Waals surface area contributed by atoms with E-state index in [4.69, 9.17) is 12.2 Å². The Morgan fingerprint density at radius 2 is 1.62 bits per heavy atom. The van der Waals surface area contributed by atoms with Gasteiger partial charge in [0.2, 0.25) is 0 Å². The molecule has 0 fully saturated rings. The number of rotatable bonds is 6. The molecule has 118 valence electrons. The molecular weight excluding hydrogens is 276 g/mol. The standard InChI is InChI=1S/C18H30N2S/c1-7-15-9-13(5)10-16(8-2)17(15)20-18(21)19-11-14(6)12(3)4/h9-10,12,14H,7-8,11H2,1-6H3,(H2,19,20,21). The predicted octanol–water partition coefficient (Wildman–Crippen LogP) is 4.70. The zero-order valence-corrected chi connectivity index (χ0v) is 15.2. The number of aryl methyl sites for hydroxylation is 3. The van der Waals surface area contributed by atoms with Gasteiger partial charge in [0.15, 0.2) is 5.11 Å². The van der Waals surface area contributed by atoms with Crippen molar-refractivity contribution in [2.75, 3.05) is 11.9 Å². The van der Waals surface area contributed by atoms with Crippen LogP contribution < -0.4 is 10.6 Å². The smallest absolute Gasteiger partial charge is 0.170 e. The summed E-state index contributed by atoms with van der Waals surface area (Å²) in [6.07, 6.45) is 2.03. The van der Waals surface area contributed by atoms with Gasteiger partial charge in [0.1, 0.15) is 0 Å². The lowest BCUT2D eigenvalue weighted by Gasteiger charge is -2.20. The molecule has 0 aliphatic rings. The summed E-state index contributed by atoms with van der Waals surface area (Å²) < 4.78 is 0. The van der Waals surface area contributed by atoms with Crippen molar-refractivity contribution in [3.05, 3.63) is 28.8 Å². The summed E-state index contributed by atoms with van der Waals surface area (Å²) in [5, 5.41) is 7.50. The van der Waals surface area contributed by atoms with E-state index in [9.17, 15) is 0 Å². The van der Waals surface area contributed by atoms with Crippen molar-refractivity contribution >= 4 is 23.0 Å². The number of benzene rings is 1. The van der Waals surface area contributed by atoms with Crippen LogP contribution in [0.15, 0.2) is 12.1 Å². The molecule has 1 atom stereocenters. The van der Waals surface area contributed by atoms with Gasteiger partial charge in [-0.25, -0.2) is 0 Å². The Morgan fingerprint density at radius 3 is 2.05 bits per heavy atom. The first-order valence-electron chi connectivity index (χ1n) is 8.06. The second-order valence-corrected chi connectivity index (χ2v) is 6.63. The van der Waals surface area contributed by atoms with Crippen LogP contribution in [0.4, 0.5) is 5.69 Å². The molecule has 0 aromatic heterocycles. The van der Waals surface area contributed by atoms with Crippen molar-refractivity contribution in [1.29, 1.82) is 0 Å². The molecule has 0 saturated carbocycles. The topological polar surface area (TPSA) is 24.1 Å². The summed E-state index contributed by atoms with van der Waals surface area (Å²) in [6, 6.07) is 4.50. The Bertz CT molecular complexity index is 455. The highest BCUT2D eigenvalue weighted by molar-refractivity contribution is 7.80. The van der Waals surface area contributed by atoms with Gasteiger partial charge in [-0.05, 0) is 54.9 Å². The van der Waals surface area contributed by atoms with E-state index in [0.717, 1.165) is 24.5 Å². The maximum absolute atomic E-state index is 5.47. The summed E-state index contributed by atoms with van der Waals surface area (Å²) in [7, 11) is 0. The van der Waals surface area contributed by atoms with E-state index in [-0.39, 0.29) is 0 Å². The van der Waals surface area contributed by atoms with E-state index in [1.807, 2.05) is 0 Å². The third-order valence-electron chi connectivity index (χ3n) is 4.17. The Balaban J connectivity index is 2.80. The quantitative estimate of drug-likeness (QED) is 0.745. The summed E-state index contributed by atoms with van der Waals surface area (Å²) in [6.45, 7) is 14.2. The molecule has 0 aliphatic heterocycles. The van der Waals surface area contributed by atoms with Crippen molar-refractivity contribution in [3.63, 3.8) is 0 Å². The third kappa shape index (κ3) is 5.31. The Hall–Kier alpha value is -1.09. The van der Waals surface area contributed by atoms with Gasteiger partial charge in [-0.3, -0.25) is 0 Å². The fourth-order valence-corrected chi connectivity index (χ4v) is 2.49. The molecule has 0 radical (unpaired) electrons. The lowest BCUT2D eigenvalue weighted by molar-refractivity contribution is 0.416. The zero-order valence-electron chi connectivity index (χ0n) is 14.3. The van der Waals surface area contributed by atoms with Gasteiger partial charge in [0.05, 0.1) is 0 Å².